The fourth-order valence-electron chi connectivity index (χ4n) is 1.89. The number of hydrogen-bond donors (Lipinski definition) is 2. The number of amides is 2. The minimum Gasteiger partial charge on any atom is -0.483 e. The van der Waals surface area contributed by atoms with E-state index in [1.165, 1.54) is 12.1 Å². The lowest BCUT2D eigenvalue weighted by Crippen LogP contribution is -2.43. The van der Waals surface area contributed by atoms with E-state index in [2.05, 4.69) is 26.8 Å². The average Bonchev–Trinajstić information content (AvgIpc) is 2.59. The number of halogens is 1. The van der Waals surface area contributed by atoms with Crippen LogP contribution in [0.3, 0.4) is 0 Å². The Morgan fingerprint density at radius 3 is 2.60 bits per heavy atom. The Kier molecular flexibility index (Phi) is 6.07. The molecule has 0 atom stereocenters. The summed E-state index contributed by atoms with van der Waals surface area (Å²) in [4.78, 5) is 33.9. The first-order valence-electron chi connectivity index (χ1n) is 7.10. The fraction of sp³-hybridized carbons (Fsp3) is 0.125. The molecule has 2 N–H and O–H groups in total. The lowest BCUT2D eigenvalue weighted by atomic mass is 10.2. The molecule has 0 saturated heterocycles. The third kappa shape index (κ3) is 5.01. The number of rotatable bonds is 5. The minimum atomic E-state index is -0.681. The molecule has 0 spiro atoms. The van der Waals surface area contributed by atoms with Gasteiger partial charge in [-0.05, 0) is 46.6 Å². The van der Waals surface area contributed by atoms with Gasteiger partial charge in [0.25, 0.3) is 17.5 Å². The molecule has 130 valence electrons. The van der Waals surface area contributed by atoms with Crippen molar-refractivity contribution in [2.75, 3.05) is 6.61 Å². The standard InChI is InChI=1S/C16H14BrN3O5/c1-10-4-2-3-5-14(10)25-9-15(21)18-19-16(22)11-6-7-12(17)13(8-11)20(23)24/h2-8H,9H2,1H3,(H,18,21)(H,19,22). The zero-order valence-corrected chi connectivity index (χ0v) is 14.7. The molecular formula is C16H14BrN3O5. The number of nitro groups is 1. The number of nitrogens with zero attached hydrogens (tertiary/aromatic N) is 1. The Labute approximate surface area is 151 Å². The van der Waals surface area contributed by atoms with Gasteiger partial charge in [0, 0.05) is 11.6 Å². The molecule has 2 rings (SSSR count). The van der Waals surface area contributed by atoms with E-state index >= 15 is 0 Å². The van der Waals surface area contributed by atoms with Crippen molar-refractivity contribution in [3.63, 3.8) is 0 Å². The first kappa shape index (κ1) is 18.4. The molecule has 0 aliphatic carbocycles. The predicted molar refractivity (Wildman–Crippen MR) is 93.1 cm³/mol. The Morgan fingerprint density at radius 2 is 1.92 bits per heavy atom. The maximum Gasteiger partial charge on any atom is 0.284 e. The number of ether oxygens (including phenoxy) is 1. The van der Waals surface area contributed by atoms with Crippen molar-refractivity contribution in [2.24, 2.45) is 0 Å². The molecule has 0 aliphatic heterocycles. The molecule has 0 bridgehead atoms. The van der Waals surface area contributed by atoms with Crippen LogP contribution in [0.25, 0.3) is 0 Å². The highest BCUT2D eigenvalue weighted by Gasteiger charge is 2.16. The molecule has 0 unspecified atom stereocenters. The maximum atomic E-state index is 12.0. The smallest absolute Gasteiger partial charge is 0.284 e. The third-order valence-electron chi connectivity index (χ3n) is 3.17. The minimum absolute atomic E-state index is 0.0371. The molecule has 2 aromatic rings. The van der Waals surface area contributed by atoms with Gasteiger partial charge in [0.1, 0.15) is 5.75 Å². The van der Waals surface area contributed by atoms with Gasteiger partial charge in [-0.1, -0.05) is 18.2 Å². The van der Waals surface area contributed by atoms with Gasteiger partial charge in [-0.15, -0.1) is 0 Å². The summed E-state index contributed by atoms with van der Waals surface area (Å²) in [6, 6.07) is 11.1. The van der Waals surface area contributed by atoms with Crippen LogP contribution in [-0.2, 0) is 4.79 Å². The van der Waals surface area contributed by atoms with Crippen molar-refractivity contribution in [1.82, 2.24) is 10.9 Å². The highest BCUT2D eigenvalue weighted by atomic mass is 79.9. The first-order chi connectivity index (χ1) is 11.9. The van der Waals surface area contributed by atoms with E-state index in [1.807, 2.05) is 19.1 Å². The van der Waals surface area contributed by atoms with Gasteiger partial charge in [0.05, 0.1) is 9.40 Å². The van der Waals surface area contributed by atoms with E-state index in [1.54, 1.807) is 12.1 Å². The molecule has 0 saturated carbocycles. The number of para-hydroxylation sites is 1. The molecule has 0 heterocycles. The van der Waals surface area contributed by atoms with Gasteiger partial charge in [-0.3, -0.25) is 30.6 Å². The lowest BCUT2D eigenvalue weighted by Gasteiger charge is -2.10. The summed E-state index contributed by atoms with van der Waals surface area (Å²) in [5.74, 6) is -0.685. The number of carbonyl (C=O) groups excluding carboxylic acids is 2. The molecule has 0 fully saturated rings. The Hall–Kier alpha value is -2.94. The number of aryl methyl sites for hydroxylation is 1. The second kappa shape index (κ2) is 8.25. The topological polar surface area (TPSA) is 111 Å². The summed E-state index contributed by atoms with van der Waals surface area (Å²) in [5.41, 5.74) is 5.03. The summed E-state index contributed by atoms with van der Waals surface area (Å²) in [6.45, 7) is 1.56. The van der Waals surface area contributed by atoms with Crippen LogP contribution < -0.4 is 15.6 Å². The number of carbonyl (C=O) groups is 2. The van der Waals surface area contributed by atoms with Crippen molar-refractivity contribution < 1.29 is 19.2 Å². The highest BCUT2D eigenvalue weighted by Crippen LogP contribution is 2.25. The van der Waals surface area contributed by atoms with Gasteiger partial charge < -0.3 is 4.74 Å². The molecular weight excluding hydrogens is 394 g/mol. The van der Waals surface area contributed by atoms with Crippen LogP contribution in [0, 0.1) is 17.0 Å². The number of benzene rings is 2. The molecule has 2 aromatic carbocycles. The summed E-state index contributed by atoms with van der Waals surface area (Å²) in [7, 11) is 0. The van der Waals surface area contributed by atoms with E-state index in [-0.39, 0.29) is 22.3 Å². The normalized spacial score (nSPS) is 10.0. The maximum absolute atomic E-state index is 12.0. The second-order valence-corrected chi connectivity index (χ2v) is 5.83. The molecule has 9 heteroatoms. The van der Waals surface area contributed by atoms with E-state index < -0.39 is 16.7 Å². The van der Waals surface area contributed by atoms with E-state index in [4.69, 9.17) is 4.74 Å². The molecule has 2 amide bonds. The number of nitrogens with one attached hydrogen (secondary N) is 2. The summed E-state index contributed by atoms with van der Waals surface area (Å²) >= 11 is 3.03. The van der Waals surface area contributed by atoms with Crippen LogP contribution in [0.5, 0.6) is 5.75 Å². The quantitative estimate of drug-likeness (QED) is 0.584. The zero-order valence-electron chi connectivity index (χ0n) is 13.1. The molecule has 0 radical (unpaired) electrons. The van der Waals surface area contributed by atoms with Crippen molar-refractivity contribution in [3.05, 3.63) is 68.2 Å². The van der Waals surface area contributed by atoms with Crippen LogP contribution in [0.1, 0.15) is 15.9 Å². The van der Waals surface area contributed by atoms with Crippen molar-refractivity contribution >= 4 is 33.4 Å². The largest absolute Gasteiger partial charge is 0.483 e. The summed E-state index contributed by atoms with van der Waals surface area (Å²) < 4.78 is 5.60. The van der Waals surface area contributed by atoms with Gasteiger partial charge in [0.2, 0.25) is 0 Å². The summed E-state index contributed by atoms with van der Waals surface area (Å²) in [5, 5.41) is 10.9. The van der Waals surface area contributed by atoms with Crippen molar-refractivity contribution in [3.8, 4) is 5.75 Å². The number of hydrazine groups is 1. The van der Waals surface area contributed by atoms with Crippen LogP contribution in [0.2, 0.25) is 0 Å². The zero-order chi connectivity index (χ0) is 18.4. The van der Waals surface area contributed by atoms with Crippen molar-refractivity contribution in [2.45, 2.75) is 6.92 Å². The Balaban J connectivity index is 1.89. The lowest BCUT2D eigenvalue weighted by molar-refractivity contribution is -0.385. The fourth-order valence-corrected chi connectivity index (χ4v) is 2.28. The average molecular weight is 408 g/mol. The Morgan fingerprint density at radius 1 is 1.20 bits per heavy atom. The SMILES string of the molecule is Cc1ccccc1OCC(=O)NNC(=O)c1ccc(Br)c([N+](=O)[O-])c1. The van der Waals surface area contributed by atoms with E-state index in [0.29, 0.717) is 5.75 Å². The second-order valence-electron chi connectivity index (χ2n) is 4.98. The molecule has 0 aromatic heterocycles. The molecule has 25 heavy (non-hydrogen) atoms. The predicted octanol–water partition coefficient (Wildman–Crippen LogP) is 2.51. The first-order valence-corrected chi connectivity index (χ1v) is 7.89. The Bertz CT molecular complexity index is 825. The van der Waals surface area contributed by atoms with E-state index in [0.717, 1.165) is 11.6 Å². The van der Waals surface area contributed by atoms with Gasteiger partial charge >= 0.3 is 0 Å². The van der Waals surface area contributed by atoms with Crippen LogP contribution in [0.15, 0.2) is 46.9 Å². The summed E-state index contributed by atoms with van der Waals surface area (Å²) in [6.07, 6.45) is 0. The van der Waals surface area contributed by atoms with Crippen LogP contribution in [0.4, 0.5) is 5.69 Å². The van der Waals surface area contributed by atoms with Crippen LogP contribution in [-0.4, -0.2) is 23.3 Å². The monoisotopic (exact) mass is 407 g/mol. The number of nitro benzene ring substituents is 1. The third-order valence-corrected chi connectivity index (χ3v) is 3.84. The molecule has 8 nitrogen and oxygen atoms in total. The van der Waals surface area contributed by atoms with Gasteiger partial charge in [0.15, 0.2) is 6.61 Å². The van der Waals surface area contributed by atoms with Crippen LogP contribution >= 0.6 is 15.9 Å². The van der Waals surface area contributed by atoms with E-state index in [9.17, 15) is 19.7 Å². The van der Waals surface area contributed by atoms with Gasteiger partial charge in [-0.25, -0.2) is 0 Å². The number of hydrogen-bond acceptors (Lipinski definition) is 5. The molecule has 0 aliphatic rings. The highest BCUT2D eigenvalue weighted by molar-refractivity contribution is 9.10. The van der Waals surface area contributed by atoms with Gasteiger partial charge in [-0.2, -0.15) is 0 Å². The van der Waals surface area contributed by atoms with Crippen molar-refractivity contribution in [1.29, 1.82) is 0 Å².